The minimum atomic E-state index is -2.67. The third-order valence-electron chi connectivity index (χ3n) is 4.94. The zero-order valence-electron chi connectivity index (χ0n) is 16.9. The van der Waals surface area contributed by atoms with E-state index in [0.717, 1.165) is 11.5 Å². The van der Waals surface area contributed by atoms with Gasteiger partial charge in [-0.25, -0.2) is 0 Å². The molecule has 1 aromatic heterocycles. The third-order valence-corrected chi connectivity index (χ3v) is 20.0. The number of unbranched alkanes of at least 4 members (excludes halogenated alkanes) is 3. The number of hydrogen-bond donors (Lipinski definition) is 0. The first kappa shape index (κ1) is 22.5. The SMILES string of the molecule is CCC[CH2][Sn]([CH2]CCC)([CH2]CCC)[c]1nccc(OC)c1OCOC. The molecule has 1 aromatic rings. The molecule has 0 aromatic carbocycles. The fourth-order valence-electron chi connectivity index (χ4n) is 3.50. The Kier molecular flexibility index (Phi) is 11.5. The molecule has 0 bridgehead atoms. The number of hydrogen-bond acceptors (Lipinski definition) is 4. The summed E-state index contributed by atoms with van der Waals surface area (Å²) in [5.74, 6) is 1.65. The van der Waals surface area contributed by atoms with Crippen LogP contribution < -0.4 is 13.2 Å². The summed E-state index contributed by atoms with van der Waals surface area (Å²) in [6.45, 7) is 7.11. The van der Waals surface area contributed by atoms with Crippen LogP contribution in [-0.2, 0) is 4.74 Å². The van der Waals surface area contributed by atoms with Gasteiger partial charge in [-0.1, -0.05) is 0 Å². The second-order valence-corrected chi connectivity index (χ2v) is 19.8. The van der Waals surface area contributed by atoms with Crippen molar-refractivity contribution in [3.05, 3.63) is 12.3 Å². The fraction of sp³-hybridized carbons (Fsp3) is 0.750. The molecule has 0 saturated heterocycles. The summed E-state index contributed by atoms with van der Waals surface area (Å²) in [5.41, 5.74) is 0. The van der Waals surface area contributed by atoms with Gasteiger partial charge in [0.1, 0.15) is 0 Å². The van der Waals surface area contributed by atoms with E-state index < -0.39 is 18.4 Å². The molecule has 0 unspecified atom stereocenters. The minimum absolute atomic E-state index is 0.242. The fourth-order valence-corrected chi connectivity index (χ4v) is 19.4. The van der Waals surface area contributed by atoms with Gasteiger partial charge in [0.2, 0.25) is 0 Å². The molecule has 0 aliphatic heterocycles. The molecule has 0 radical (unpaired) electrons. The summed E-state index contributed by atoms with van der Waals surface area (Å²) < 4.78 is 22.1. The molecule has 1 rings (SSSR count). The summed E-state index contributed by atoms with van der Waals surface area (Å²) in [4.78, 5) is 4.90. The second-order valence-electron chi connectivity index (χ2n) is 6.83. The zero-order chi connectivity index (χ0) is 18.5. The molecule has 0 atom stereocenters. The maximum absolute atomic E-state index is 6.00. The van der Waals surface area contributed by atoms with E-state index in [0.29, 0.717) is 0 Å². The third kappa shape index (κ3) is 6.63. The van der Waals surface area contributed by atoms with Crippen molar-refractivity contribution < 1.29 is 14.2 Å². The van der Waals surface area contributed by atoms with Crippen molar-refractivity contribution in [1.82, 2.24) is 4.98 Å². The number of aromatic nitrogens is 1. The van der Waals surface area contributed by atoms with E-state index in [9.17, 15) is 0 Å². The Labute approximate surface area is 158 Å². The molecule has 0 fully saturated rings. The van der Waals surface area contributed by atoms with Crippen LogP contribution in [0.2, 0.25) is 13.3 Å². The van der Waals surface area contributed by atoms with E-state index in [-0.39, 0.29) is 6.79 Å². The second kappa shape index (κ2) is 12.8. The summed E-state index contributed by atoms with van der Waals surface area (Å²) >= 11 is -2.67. The summed E-state index contributed by atoms with van der Waals surface area (Å²) in [5, 5.41) is 0. The van der Waals surface area contributed by atoms with E-state index in [1.165, 1.54) is 55.5 Å². The molecular weight excluding hydrogens is 421 g/mol. The first-order valence-electron chi connectivity index (χ1n) is 9.84. The van der Waals surface area contributed by atoms with Gasteiger partial charge in [0, 0.05) is 0 Å². The molecule has 0 spiro atoms. The monoisotopic (exact) mass is 459 g/mol. The van der Waals surface area contributed by atoms with Gasteiger partial charge in [-0.3, -0.25) is 0 Å². The van der Waals surface area contributed by atoms with Gasteiger partial charge in [0.05, 0.1) is 0 Å². The van der Waals surface area contributed by atoms with Crippen LogP contribution in [-0.4, -0.2) is 44.4 Å². The Morgan fingerprint density at radius 3 is 1.92 bits per heavy atom. The summed E-state index contributed by atoms with van der Waals surface area (Å²) in [7, 11) is 3.37. The van der Waals surface area contributed by atoms with Crippen molar-refractivity contribution in [2.75, 3.05) is 21.0 Å². The first-order chi connectivity index (χ1) is 12.2. The van der Waals surface area contributed by atoms with Crippen molar-refractivity contribution in [3.63, 3.8) is 0 Å². The van der Waals surface area contributed by atoms with Gasteiger partial charge in [0.15, 0.2) is 0 Å². The summed E-state index contributed by atoms with van der Waals surface area (Å²) in [6, 6.07) is 1.91. The van der Waals surface area contributed by atoms with Crippen LogP contribution in [0.3, 0.4) is 0 Å². The molecule has 0 amide bonds. The van der Waals surface area contributed by atoms with Crippen LogP contribution in [0.25, 0.3) is 0 Å². The molecule has 0 aliphatic rings. The Morgan fingerprint density at radius 1 is 0.920 bits per heavy atom. The van der Waals surface area contributed by atoms with Gasteiger partial charge >= 0.3 is 159 Å². The Morgan fingerprint density at radius 2 is 1.48 bits per heavy atom. The predicted molar refractivity (Wildman–Crippen MR) is 108 cm³/mol. The molecule has 25 heavy (non-hydrogen) atoms. The Balaban J connectivity index is 3.37. The van der Waals surface area contributed by atoms with Crippen LogP contribution in [0, 0.1) is 0 Å². The van der Waals surface area contributed by atoms with Crippen molar-refractivity contribution in [1.29, 1.82) is 0 Å². The molecule has 144 valence electrons. The van der Waals surface area contributed by atoms with Gasteiger partial charge in [-0.15, -0.1) is 0 Å². The van der Waals surface area contributed by atoms with Crippen LogP contribution >= 0.6 is 0 Å². The van der Waals surface area contributed by atoms with Gasteiger partial charge < -0.3 is 0 Å². The van der Waals surface area contributed by atoms with Gasteiger partial charge in [-0.2, -0.15) is 0 Å². The van der Waals surface area contributed by atoms with Gasteiger partial charge in [0.25, 0.3) is 0 Å². The molecule has 0 N–H and O–H groups in total. The maximum atomic E-state index is 6.00. The first-order valence-corrected chi connectivity index (χ1v) is 17.3. The number of pyridine rings is 1. The summed E-state index contributed by atoms with van der Waals surface area (Å²) in [6.07, 6.45) is 9.53. The van der Waals surface area contributed by atoms with E-state index in [1.54, 1.807) is 14.2 Å². The van der Waals surface area contributed by atoms with E-state index in [4.69, 9.17) is 19.2 Å². The average molecular weight is 458 g/mol. The van der Waals surface area contributed by atoms with E-state index in [1.807, 2.05) is 12.3 Å². The normalized spacial score (nSPS) is 11.6. The topological polar surface area (TPSA) is 40.6 Å². The number of ether oxygens (including phenoxy) is 3. The Bertz CT molecular complexity index is 460. The van der Waals surface area contributed by atoms with Crippen LogP contribution in [0.15, 0.2) is 12.3 Å². The number of rotatable bonds is 14. The molecule has 0 aliphatic carbocycles. The zero-order valence-corrected chi connectivity index (χ0v) is 19.8. The number of methoxy groups -OCH3 is 2. The quantitative estimate of drug-likeness (QED) is 0.287. The molecule has 1 heterocycles. The van der Waals surface area contributed by atoms with Crippen LogP contribution in [0.4, 0.5) is 0 Å². The van der Waals surface area contributed by atoms with Gasteiger partial charge in [-0.05, 0) is 0 Å². The average Bonchev–Trinajstić information content (AvgIpc) is 2.66. The molecule has 5 heteroatoms. The van der Waals surface area contributed by atoms with Crippen molar-refractivity contribution in [2.24, 2.45) is 0 Å². The van der Waals surface area contributed by atoms with Crippen LogP contribution in [0.1, 0.15) is 59.3 Å². The van der Waals surface area contributed by atoms with Crippen molar-refractivity contribution in [3.8, 4) is 11.5 Å². The van der Waals surface area contributed by atoms with Crippen molar-refractivity contribution in [2.45, 2.75) is 72.6 Å². The molecule has 4 nitrogen and oxygen atoms in total. The Hall–Kier alpha value is -0.491. The standard InChI is InChI=1S/C8H10NO3.3C4H9.Sn/c1-10-6-12-8-5-9-4-3-7(8)11-2;3*1-3-4-2;/h3-4H,6H2,1-2H3;3*1,3-4H2,2H3;. The van der Waals surface area contributed by atoms with Crippen molar-refractivity contribution >= 4 is 22.1 Å². The predicted octanol–water partition coefficient (Wildman–Crippen LogP) is 5.13. The number of nitrogens with zero attached hydrogens (tertiary/aromatic N) is 1. The van der Waals surface area contributed by atoms with E-state index >= 15 is 0 Å². The molecule has 0 saturated carbocycles. The van der Waals surface area contributed by atoms with Crippen LogP contribution in [0.5, 0.6) is 11.5 Å². The van der Waals surface area contributed by atoms with E-state index in [2.05, 4.69) is 20.8 Å². The molecular formula is C20H37NO3Sn.